The number of hydrogen-bond acceptors (Lipinski definition) is 7. The number of amides is 3. The van der Waals surface area contributed by atoms with Gasteiger partial charge in [-0.1, -0.05) is 37.5 Å². The van der Waals surface area contributed by atoms with Gasteiger partial charge in [0.2, 0.25) is 5.91 Å². The summed E-state index contributed by atoms with van der Waals surface area (Å²) in [7, 11) is 0. The number of nitro groups is 1. The lowest BCUT2D eigenvalue weighted by molar-refractivity contribution is -0.385. The number of rotatable bonds is 6. The van der Waals surface area contributed by atoms with E-state index in [1.807, 2.05) is 0 Å². The van der Waals surface area contributed by atoms with Gasteiger partial charge in [0, 0.05) is 44.7 Å². The second kappa shape index (κ2) is 10.3. The Labute approximate surface area is 214 Å². The van der Waals surface area contributed by atoms with Gasteiger partial charge in [-0.05, 0) is 36.6 Å². The van der Waals surface area contributed by atoms with Crippen LogP contribution in [0.5, 0.6) is 5.75 Å². The topological polar surface area (TPSA) is 124 Å². The van der Waals surface area contributed by atoms with Crippen LogP contribution in [0.4, 0.5) is 5.69 Å². The monoisotopic (exact) mass is 506 g/mol. The standard InChI is InChI=1S/C27H30N4O6/c32-24-11-10-18(16-22(24)31(36)37)17-23(30-25(33)20-8-4-5-9-21(20)26(30)34)27(35)29-14-12-28(13-15-29)19-6-2-1-3-7-19/h4-5,8-11,16,19,23,32H,1-3,6-7,12-15,17H2/t23-/m0/s1. The fourth-order valence-corrected chi connectivity index (χ4v) is 5.81. The van der Waals surface area contributed by atoms with E-state index in [-0.39, 0.29) is 23.5 Å². The number of piperazine rings is 1. The van der Waals surface area contributed by atoms with Gasteiger partial charge in [-0.2, -0.15) is 0 Å². The summed E-state index contributed by atoms with van der Waals surface area (Å²) < 4.78 is 0. The van der Waals surface area contributed by atoms with Crippen LogP contribution in [0.15, 0.2) is 42.5 Å². The first-order valence-electron chi connectivity index (χ1n) is 12.8. The van der Waals surface area contributed by atoms with E-state index in [2.05, 4.69) is 4.90 Å². The molecule has 1 saturated carbocycles. The number of benzene rings is 2. The number of fused-ring (bicyclic) bond motifs is 1. The van der Waals surface area contributed by atoms with Crippen LogP contribution in [0.25, 0.3) is 0 Å². The van der Waals surface area contributed by atoms with E-state index in [1.165, 1.54) is 50.3 Å². The number of nitrogens with zero attached hydrogens (tertiary/aromatic N) is 4. The molecule has 5 rings (SSSR count). The normalized spacial score (nSPS) is 19.7. The Morgan fingerprint density at radius 1 is 0.973 bits per heavy atom. The predicted molar refractivity (Wildman–Crippen MR) is 134 cm³/mol. The molecule has 10 nitrogen and oxygen atoms in total. The van der Waals surface area contributed by atoms with Gasteiger partial charge in [0.15, 0.2) is 5.75 Å². The Hall–Kier alpha value is -3.79. The van der Waals surface area contributed by atoms with Crippen LogP contribution in [0.2, 0.25) is 0 Å². The Bertz CT molecular complexity index is 1200. The van der Waals surface area contributed by atoms with Gasteiger partial charge in [-0.3, -0.25) is 34.3 Å². The largest absolute Gasteiger partial charge is 0.502 e. The van der Waals surface area contributed by atoms with Crippen LogP contribution in [-0.4, -0.2) is 80.7 Å². The third-order valence-corrected chi connectivity index (χ3v) is 7.80. The predicted octanol–water partition coefficient (Wildman–Crippen LogP) is 2.98. The average molecular weight is 507 g/mol. The summed E-state index contributed by atoms with van der Waals surface area (Å²) in [5, 5.41) is 21.2. The molecule has 1 aliphatic carbocycles. The van der Waals surface area contributed by atoms with Crippen molar-refractivity contribution in [3.63, 3.8) is 0 Å². The highest BCUT2D eigenvalue weighted by Gasteiger charge is 2.44. The Balaban J connectivity index is 1.40. The van der Waals surface area contributed by atoms with Crippen LogP contribution in [0.3, 0.4) is 0 Å². The van der Waals surface area contributed by atoms with E-state index in [1.54, 1.807) is 29.2 Å². The maximum atomic E-state index is 13.9. The number of aromatic hydroxyl groups is 1. The fraction of sp³-hybridized carbons (Fsp3) is 0.444. The quantitative estimate of drug-likeness (QED) is 0.363. The number of carbonyl (C=O) groups excluding carboxylic acids is 3. The van der Waals surface area contributed by atoms with Crippen LogP contribution in [-0.2, 0) is 11.2 Å². The molecule has 1 N–H and O–H groups in total. The van der Waals surface area contributed by atoms with Crippen molar-refractivity contribution in [3.8, 4) is 5.75 Å². The first-order chi connectivity index (χ1) is 17.8. The van der Waals surface area contributed by atoms with E-state index in [4.69, 9.17) is 0 Å². The van der Waals surface area contributed by atoms with Gasteiger partial charge in [-0.25, -0.2) is 0 Å². The molecule has 0 radical (unpaired) electrons. The van der Waals surface area contributed by atoms with Crippen molar-refractivity contribution >= 4 is 23.4 Å². The molecule has 2 aliphatic heterocycles. The van der Waals surface area contributed by atoms with Gasteiger partial charge in [0.25, 0.3) is 11.8 Å². The first-order valence-corrected chi connectivity index (χ1v) is 12.8. The van der Waals surface area contributed by atoms with Crippen molar-refractivity contribution < 1.29 is 24.4 Å². The summed E-state index contributed by atoms with van der Waals surface area (Å²) in [6.45, 7) is 2.45. The molecule has 2 heterocycles. The van der Waals surface area contributed by atoms with Gasteiger partial charge in [0.1, 0.15) is 6.04 Å². The third-order valence-electron chi connectivity index (χ3n) is 7.80. The molecule has 0 bridgehead atoms. The Morgan fingerprint density at radius 2 is 1.59 bits per heavy atom. The minimum Gasteiger partial charge on any atom is -0.502 e. The number of phenols is 1. The highest BCUT2D eigenvalue weighted by atomic mass is 16.6. The molecule has 0 unspecified atom stereocenters. The summed E-state index contributed by atoms with van der Waals surface area (Å²) in [6.07, 6.45) is 5.98. The van der Waals surface area contributed by atoms with Crippen LogP contribution in [0, 0.1) is 10.1 Å². The van der Waals surface area contributed by atoms with Gasteiger partial charge in [0.05, 0.1) is 16.1 Å². The summed E-state index contributed by atoms with van der Waals surface area (Å²) >= 11 is 0. The molecule has 2 aromatic rings. The summed E-state index contributed by atoms with van der Waals surface area (Å²) in [5.74, 6) is -1.94. The lowest BCUT2D eigenvalue weighted by Gasteiger charge is -2.42. The van der Waals surface area contributed by atoms with E-state index >= 15 is 0 Å². The minimum atomic E-state index is -1.15. The molecule has 2 aromatic carbocycles. The third kappa shape index (κ3) is 4.81. The van der Waals surface area contributed by atoms with Crippen LogP contribution in [0.1, 0.15) is 58.4 Å². The number of carbonyl (C=O) groups is 3. The van der Waals surface area contributed by atoms with E-state index < -0.39 is 34.2 Å². The Morgan fingerprint density at radius 3 is 2.19 bits per heavy atom. The smallest absolute Gasteiger partial charge is 0.310 e. The zero-order valence-corrected chi connectivity index (χ0v) is 20.5. The van der Waals surface area contributed by atoms with Crippen molar-refractivity contribution in [1.82, 2.24) is 14.7 Å². The molecule has 0 spiro atoms. The van der Waals surface area contributed by atoms with Crippen molar-refractivity contribution in [2.24, 2.45) is 0 Å². The molecule has 37 heavy (non-hydrogen) atoms. The van der Waals surface area contributed by atoms with Crippen LogP contribution < -0.4 is 0 Å². The molecule has 10 heteroatoms. The zero-order chi connectivity index (χ0) is 26.1. The van der Waals surface area contributed by atoms with Crippen molar-refractivity contribution in [2.75, 3.05) is 26.2 Å². The van der Waals surface area contributed by atoms with E-state index in [0.717, 1.165) is 18.0 Å². The highest BCUT2D eigenvalue weighted by Crippen LogP contribution is 2.31. The SMILES string of the molecule is O=C([C@H](Cc1ccc(O)c([N+](=O)[O-])c1)N1C(=O)c2ccccc2C1=O)N1CCN(C2CCCCC2)CC1. The molecular formula is C27H30N4O6. The second-order valence-electron chi connectivity index (χ2n) is 9.98. The number of imide groups is 1. The van der Waals surface area contributed by atoms with Gasteiger partial charge in [-0.15, -0.1) is 0 Å². The zero-order valence-electron chi connectivity index (χ0n) is 20.5. The average Bonchev–Trinajstić information content (AvgIpc) is 3.18. The van der Waals surface area contributed by atoms with Gasteiger partial charge >= 0.3 is 5.69 Å². The minimum absolute atomic E-state index is 0.0890. The molecule has 1 atom stereocenters. The molecule has 194 valence electrons. The second-order valence-corrected chi connectivity index (χ2v) is 9.98. The molecular weight excluding hydrogens is 476 g/mol. The maximum Gasteiger partial charge on any atom is 0.310 e. The van der Waals surface area contributed by atoms with E-state index in [9.17, 15) is 29.6 Å². The van der Waals surface area contributed by atoms with E-state index in [0.29, 0.717) is 24.7 Å². The van der Waals surface area contributed by atoms with Crippen LogP contribution >= 0.6 is 0 Å². The molecule has 3 aliphatic rings. The van der Waals surface area contributed by atoms with Crippen molar-refractivity contribution in [3.05, 3.63) is 69.3 Å². The lowest BCUT2D eigenvalue weighted by Crippen LogP contribution is -2.58. The molecule has 3 amide bonds. The summed E-state index contributed by atoms with van der Waals surface area (Å²) in [6, 6.07) is 9.69. The van der Waals surface area contributed by atoms with Crippen molar-refractivity contribution in [1.29, 1.82) is 0 Å². The molecule has 1 saturated heterocycles. The summed E-state index contributed by atoms with van der Waals surface area (Å²) in [4.78, 5) is 56.2. The Kier molecular flexibility index (Phi) is 6.92. The number of hydrogen-bond donors (Lipinski definition) is 1. The maximum absolute atomic E-state index is 13.9. The van der Waals surface area contributed by atoms with Crippen molar-refractivity contribution in [2.45, 2.75) is 50.6 Å². The fourth-order valence-electron chi connectivity index (χ4n) is 5.81. The molecule has 0 aromatic heterocycles. The van der Waals surface area contributed by atoms with Gasteiger partial charge < -0.3 is 10.0 Å². The lowest BCUT2D eigenvalue weighted by atomic mass is 9.93. The first kappa shape index (κ1) is 24.9. The number of nitro benzene ring substituents is 1. The summed E-state index contributed by atoms with van der Waals surface area (Å²) in [5.41, 5.74) is 0.362. The highest BCUT2D eigenvalue weighted by molar-refractivity contribution is 6.22. The molecule has 2 fully saturated rings. The number of phenolic OH excluding ortho intramolecular Hbond substituents is 1.